The van der Waals surface area contributed by atoms with Gasteiger partial charge < -0.3 is 15.8 Å². The van der Waals surface area contributed by atoms with Crippen LogP contribution in [0.15, 0.2) is 24.3 Å². The molecular formula is C19H22N2O3S. The molecule has 1 aromatic carbocycles. The summed E-state index contributed by atoms with van der Waals surface area (Å²) < 4.78 is 5.10. The molecular weight excluding hydrogens is 336 g/mol. The minimum atomic E-state index is -0.475. The SMILES string of the molecule is CC[C@H]1CCc2c(sc(NC(=O)c3ccc(OC)cc3)c2C(N)=O)C1. The van der Waals surface area contributed by atoms with Gasteiger partial charge in [0.25, 0.3) is 11.8 Å². The molecule has 1 aliphatic rings. The number of carbonyl (C=O) groups excluding carboxylic acids is 2. The number of hydrogen-bond donors (Lipinski definition) is 2. The smallest absolute Gasteiger partial charge is 0.256 e. The third-order valence-electron chi connectivity index (χ3n) is 4.77. The predicted octanol–water partition coefficient (Wildman–Crippen LogP) is 3.62. The molecule has 0 radical (unpaired) electrons. The lowest BCUT2D eigenvalue weighted by molar-refractivity contribution is 0.1000. The van der Waals surface area contributed by atoms with Gasteiger partial charge in [0.15, 0.2) is 0 Å². The Morgan fingerprint density at radius 2 is 2.04 bits per heavy atom. The van der Waals surface area contributed by atoms with Crippen molar-refractivity contribution in [1.82, 2.24) is 0 Å². The van der Waals surface area contributed by atoms with Crippen LogP contribution in [0.4, 0.5) is 5.00 Å². The van der Waals surface area contributed by atoms with Crippen molar-refractivity contribution in [2.75, 3.05) is 12.4 Å². The highest BCUT2D eigenvalue weighted by molar-refractivity contribution is 7.17. The van der Waals surface area contributed by atoms with Crippen molar-refractivity contribution in [1.29, 1.82) is 0 Å². The van der Waals surface area contributed by atoms with Crippen LogP contribution in [0.5, 0.6) is 5.75 Å². The quantitative estimate of drug-likeness (QED) is 0.856. The molecule has 0 aliphatic heterocycles. The van der Waals surface area contributed by atoms with Crippen LogP contribution in [-0.2, 0) is 12.8 Å². The predicted molar refractivity (Wildman–Crippen MR) is 99.6 cm³/mol. The lowest BCUT2D eigenvalue weighted by Gasteiger charge is -2.20. The van der Waals surface area contributed by atoms with E-state index in [0.29, 0.717) is 27.8 Å². The molecule has 0 saturated heterocycles. The fraction of sp³-hybridized carbons (Fsp3) is 0.368. The van der Waals surface area contributed by atoms with E-state index < -0.39 is 5.91 Å². The molecule has 2 aromatic rings. The van der Waals surface area contributed by atoms with E-state index in [9.17, 15) is 9.59 Å². The number of primary amides is 1. The molecule has 5 nitrogen and oxygen atoms in total. The third-order valence-corrected chi connectivity index (χ3v) is 5.94. The molecule has 1 aliphatic carbocycles. The van der Waals surface area contributed by atoms with Crippen LogP contribution < -0.4 is 15.8 Å². The number of thiophene rings is 1. The first-order valence-electron chi connectivity index (χ1n) is 8.43. The third kappa shape index (κ3) is 3.54. The van der Waals surface area contributed by atoms with E-state index in [-0.39, 0.29) is 5.91 Å². The van der Waals surface area contributed by atoms with Gasteiger partial charge in [-0.2, -0.15) is 0 Å². The molecule has 0 saturated carbocycles. The highest BCUT2D eigenvalue weighted by Crippen LogP contribution is 2.40. The van der Waals surface area contributed by atoms with Crippen LogP contribution in [0, 0.1) is 5.92 Å². The summed E-state index contributed by atoms with van der Waals surface area (Å²) in [4.78, 5) is 25.7. The number of methoxy groups -OCH3 is 1. The maximum absolute atomic E-state index is 12.5. The number of amides is 2. The van der Waals surface area contributed by atoms with Crippen molar-refractivity contribution in [2.45, 2.75) is 32.6 Å². The van der Waals surface area contributed by atoms with Gasteiger partial charge in [-0.05, 0) is 55.0 Å². The van der Waals surface area contributed by atoms with Crippen molar-refractivity contribution in [3.63, 3.8) is 0 Å². The zero-order valence-corrected chi connectivity index (χ0v) is 15.2. The average Bonchev–Trinajstić information content (AvgIpc) is 2.98. The Bertz CT molecular complexity index is 796. The molecule has 6 heteroatoms. The second-order valence-corrected chi connectivity index (χ2v) is 7.38. The molecule has 132 valence electrons. The Labute approximate surface area is 151 Å². The summed E-state index contributed by atoms with van der Waals surface area (Å²) in [6.45, 7) is 2.19. The molecule has 3 rings (SSSR count). The number of fused-ring (bicyclic) bond motifs is 1. The first-order valence-corrected chi connectivity index (χ1v) is 9.24. The van der Waals surface area contributed by atoms with E-state index >= 15 is 0 Å². The van der Waals surface area contributed by atoms with E-state index in [1.165, 1.54) is 16.2 Å². The Hall–Kier alpha value is -2.34. The largest absolute Gasteiger partial charge is 0.497 e. The second kappa shape index (κ2) is 7.27. The van der Waals surface area contributed by atoms with Gasteiger partial charge in [0.2, 0.25) is 0 Å². The van der Waals surface area contributed by atoms with E-state index in [1.807, 2.05) is 0 Å². The molecule has 25 heavy (non-hydrogen) atoms. The molecule has 0 unspecified atom stereocenters. The van der Waals surface area contributed by atoms with Crippen LogP contribution in [0.1, 0.15) is 50.9 Å². The number of rotatable bonds is 5. The van der Waals surface area contributed by atoms with E-state index in [2.05, 4.69) is 12.2 Å². The van der Waals surface area contributed by atoms with Crippen LogP contribution >= 0.6 is 11.3 Å². The summed E-state index contributed by atoms with van der Waals surface area (Å²) in [5.74, 6) is 0.594. The minimum Gasteiger partial charge on any atom is -0.497 e. The number of anilines is 1. The minimum absolute atomic E-state index is 0.254. The summed E-state index contributed by atoms with van der Waals surface area (Å²) in [6.07, 6.45) is 3.99. The van der Waals surface area contributed by atoms with Gasteiger partial charge in [-0.25, -0.2) is 0 Å². The van der Waals surface area contributed by atoms with E-state index in [1.54, 1.807) is 31.4 Å². The molecule has 0 bridgehead atoms. The van der Waals surface area contributed by atoms with E-state index in [0.717, 1.165) is 31.2 Å². The van der Waals surface area contributed by atoms with Gasteiger partial charge in [0, 0.05) is 10.4 Å². The number of ether oxygens (including phenoxy) is 1. The van der Waals surface area contributed by atoms with Crippen LogP contribution in [-0.4, -0.2) is 18.9 Å². The normalized spacial score (nSPS) is 16.2. The standard InChI is InChI=1S/C19H22N2O3S/c1-3-11-4-9-14-15(10-11)25-19(16(14)17(20)22)21-18(23)12-5-7-13(24-2)8-6-12/h5-8,11H,3-4,9-10H2,1-2H3,(H2,20,22)(H,21,23)/t11-/m0/s1. The van der Waals surface area contributed by atoms with Gasteiger partial charge in [0.05, 0.1) is 12.7 Å². The molecule has 1 heterocycles. The zero-order chi connectivity index (χ0) is 18.0. The molecule has 3 N–H and O–H groups in total. The lowest BCUT2D eigenvalue weighted by Crippen LogP contribution is -2.19. The summed E-state index contributed by atoms with van der Waals surface area (Å²) in [6, 6.07) is 6.85. The van der Waals surface area contributed by atoms with Crippen LogP contribution in [0.2, 0.25) is 0 Å². The van der Waals surface area contributed by atoms with Crippen LogP contribution in [0.3, 0.4) is 0 Å². The Balaban J connectivity index is 1.87. The van der Waals surface area contributed by atoms with Crippen LogP contribution in [0.25, 0.3) is 0 Å². The molecule has 1 aromatic heterocycles. The topological polar surface area (TPSA) is 81.4 Å². The molecule has 0 fully saturated rings. The van der Waals surface area contributed by atoms with Gasteiger partial charge in [-0.15, -0.1) is 11.3 Å². The molecule has 2 amide bonds. The number of nitrogens with one attached hydrogen (secondary N) is 1. The van der Waals surface area contributed by atoms with Crippen molar-refractivity contribution in [3.8, 4) is 5.75 Å². The van der Waals surface area contributed by atoms with Gasteiger partial charge in [0.1, 0.15) is 10.8 Å². The van der Waals surface area contributed by atoms with Crippen molar-refractivity contribution in [3.05, 3.63) is 45.8 Å². The van der Waals surface area contributed by atoms with Gasteiger partial charge in [-0.3, -0.25) is 9.59 Å². The van der Waals surface area contributed by atoms with Gasteiger partial charge >= 0.3 is 0 Å². The maximum Gasteiger partial charge on any atom is 0.256 e. The Kier molecular flexibility index (Phi) is 5.08. The highest BCUT2D eigenvalue weighted by Gasteiger charge is 2.28. The molecule has 1 atom stereocenters. The van der Waals surface area contributed by atoms with Crippen molar-refractivity contribution < 1.29 is 14.3 Å². The summed E-state index contributed by atoms with van der Waals surface area (Å²) >= 11 is 1.48. The number of benzene rings is 1. The Morgan fingerprint density at radius 3 is 2.64 bits per heavy atom. The molecule has 0 spiro atoms. The van der Waals surface area contributed by atoms with Crippen molar-refractivity contribution >= 4 is 28.2 Å². The average molecular weight is 358 g/mol. The fourth-order valence-corrected chi connectivity index (χ4v) is 4.63. The first-order chi connectivity index (χ1) is 12.0. The lowest BCUT2D eigenvalue weighted by atomic mass is 9.85. The summed E-state index contributed by atoms with van der Waals surface area (Å²) in [5.41, 5.74) is 7.61. The summed E-state index contributed by atoms with van der Waals surface area (Å²) in [7, 11) is 1.58. The zero-order valence-electron chi connectivity index (χ0n) is 14.4. The number of carbonyl (C=O) groups is 2. The van der Waals surface area contributed by atoms with Crippen molar-refractivity contribution in [2.24, 2.45) is 11.7 Å². The number of nitrogens with two attached hydrogens (primary N) is 1. The summed E-state index contributed by atoms with van der Waals surface area (Å²) in [5, 5.41) is 3.44. The maximum atomic E-state index is 12.5. The Morgan fingerprint density at radius 1 is 1.32 bits per heavy atom. The van der Waals surface area contributed by atoms with E-state index in [4.69, 9.17) is 10.5 Å². The second-order valence-electron chi connectivity index (χ2n) is 6.27. The van der Waals surface area contributed by atoms with Gasteiger partial charge in [-0.1, -0.05) is 13.3 Å². The number of hydrogen-bond acceptors (Lipinski definition) is 4. The highest BCUT2D eigenvalue weighted by atomic mass is 32.1. The fourth-order valence-electron chi connectivity index (χ4n) is 3.27. The monoisotopic (exact) mass is 358 g/mol. The first kappa shape index (κ1) is 17.5.